The van der Waals surface area contributed by atoms with Crippen LogP contribution in [0.15, 0.2) is 24.3 Å². The van der Waals surface area contributed by atoms with Crippen molar-refractivity contribution in [2.45, 2.75) is 0 Å². The molecule has 0 aromatic carbocycles. The Balaban J connectivity index is 2.42. The average molecular weight is 108 g/mol. The molecule has 1 radical (unpaired) electrons. The Bertz CT molecular complexity index is 102. The van der Waals surface area contributed by atoms with Gasteiger partial charge in [-0.2, -0.15) is 0 Å². The fourth-order valence-electron chi connectivity index (χ4n) is 0.699. The van der Waals surface area contributed by atoms with Crippen LogP contribution in [0.2, 0.25) is 0 Å². The lowest BCUT2D eigenvalue weighted by atomic mass is 10.0. The fourth-order valence-corrected chi connectivity index (χ4v) is 0.699. The molecule has 0 amide bonds. The highest BCUT2D eigenvalue weighted by Gasteiger charge is 1.96. The van der Waals surface area contributed by atoms with Gasteiger partial charge in [0.1, 0.15) is 0 Å². The van der Waals surface area contributed by atoms with Gasteiger partial charge in [0, 0.05) is 18.9 Å². The Labute approximate surface area is 49.9 Å². The van der Waals surface area contributed by atoms with Crippen molar-refractivity contribution in [2.75, 3.05) is 6.54 Å². The Hall–Kier alpha value is -0.560. The summed E-state index contributed by atoms with van der Waals surface area (Å²) in [4.78, 5) is 0. The van der Waals surface area contributed by atoms with Crippen LogP contribution in [0, 0.1) is 12.3 Å². The summed E-state index contributed by atoms with van der Waals surface area (Å²) >= 11 is 0. The molecule has 8 heavy (non-hydrogen) atoms. The summed E-state index contributed by atoms with van der Waals surface area (Å²) in [6.45, 7) is 0.723. The van der Waals surface area contributed by atoms with E-state index in [4.69, 9.17) is 5.73 Å². The molecule has 0 heterocycles. The van der Waals surface area contributed by atoms with Crippen molar-refractivity contribution < 1.29 is 0 Å². The summed E-state index contributed by atoms with van der Waals surface area (Å²) < 4.78 is 0. The molecule has 0 fully saturated rings. The highest BCUT2D eigenvalue weighted by atomic mass is 14.5. The molecule has 0 unspecified atom stereocenters. The number of rotatable bonds is 1. The van der Waals surface area contributed by atoms with E-state index in [1.165, 1.54) is 0 Å². The van der Waals surface area contributed by atoms with Gasteiger partial charge >= 0.3 is 0 Å². The normalized spacial score (nSPS) is 19.6. The van der Waals surface area contributed by atoms with Gasteiger partial charge in [0.25, 0.3) is 0 Å². The van der Waals surface area contributed by atoms with Crippen LogP contribution >= 0.6 is 0 Å². The van der Waals surface area contributed by atoms with Crippen LogP contribution < -0.4 is 5.73 Å². The van der Waals surface area contributed by atoms with Crippen molar-refractivity contribution in [1.29, 1.82) is 0 Å². The van der Waals surface area contributed by atoms with E-state index in [1.807, 2.05) is 18.6 Å². The molecule has 0 aromatic heterocycles. The molecule has 2 N–H and O–H groups in total. The quantitative estimate of drug-likeness (QED) is 0.530. The lowest BCUT2D eigenvalue weighted by Gasteiger charge is -2.04. The van der Waals surface area contributed by atoms with Gasteiger partial charge in [-0.25, -0.2) is 0 Å². The Kier molecular flexibility index (Phi) is 1.86. The number of hydrogen-bond donors (Lipinski definition) is 1. The van der Waals surface area contributed by atoms with E-state index in [1.54, 1.807) is 0 Å². The first kappa shape index (κ1) is 5.57. The zero-order valence-electron chi connectivity index (χ0n) is 4.75. The first-order valence-corrected chi connectivity index (χ1v) is 2.82. The van der Waals surface area contributed by atoms with E-state index in [0.717, 1.165) is 6.54 Å². The molecule has 1 aliphatic carbocycles. The lowest BCUT2D eigenvalue weighted by Crippen LogP contribution is -2.10. The molecular weight excluding hydrogens is 98.1 g/mol. The van der Waals surface area contributed by atoms with Gasteiger partial charge in [-0.1, -0.05) is 24.3 Å². The van der Waals surface area contributed by atoms with Gasteiger partial charge < -0.3 is 5.73 Å². The third-order valence-electron chi connectivity index (χ3n) is 1.21. The fraction of sp³-hybridized carbons (Fsp3) is 0.286. The van der Waals surface area contributed by atoms with E-state index in [9.17, 15) is 0 Å². The zero-order chi connectivity index (χ0) is 5.82. The molecule has 1 heteroatoms. The molecular formula is C7H10N. The molecule has 0 aliphatic heterocycles. The minimum Gasteiger partial charge on any atom is -0.330 e. The smallest absolute Gasteiger partial charge is 0.00699 e. The summed E-state index contributed by atoms with van der Waals surface area (Å²) in [6, 6.07) is 0. The van der Waals surface area contributed by atoms with Crippen LogP contribution in [0.25, 0.3) is 0 Å². The standard InChI is InChI=1S/C7H10N/c8-6-7-4-2-1-3-5-7/h1-5,7H,6,8H2. The van der Waals surface area contributed by atoms with Crippen LogP contribution in [0.4, 0.5) is 0 Å². The second-order valence-corrected chi connectivity index (χ2v) is 1.86. The van der Waals surface area contributed by atoms with E-state index in [-0.39, 0.29) is 0 Å². The summed E-state index contributed by atoms with van der Waals surface area (Å²) in [6.07, 6.45) is 10.3. The largest absolute Gasteiger partial charge is 0.330 e. The van der Waals surface area contributed by atoms with Crippen molar-refractivity contribution in [3.8, 4) is 0 Å². The maximum Gasteiger partial charge on any atom is 0.00699 e. The number of allylic oxidation sites excluding steroid dienone is 2. The van der Waals surface area contributed by atoms with Crippen molar-refractivity contribution >= 4 is 0 Å². The second-order valence-electron chi connectivity index (χ2n) is 1.86. The molecule has 0 atom stereocenters. The van der Waals surface area contributed by atoms with Gasteiger partial charge in [-0.3, -0.25) is 0 Å². The van der Waals surface area contributed by atoms with Gasteiger partial charge in [0.15, 0.2) is 0 Å². The first-order chi connectivity index (χ1) is 3.93. The van der Waals surface area contributed by atoms with Gasteiger partial charge in [0.05, 0.1) is 0 Å². The SMILES string of the molecule is NCC1C=C[CH]C=C1. The van der Waals surface area contributed by atoms with Gasteiger partial charge in [0.2, 0.25) is 0 Å². The maximum atomic E-state index is 5.39. The molecule has 0 saturated heterocycles. The monoisotopic (exact) mass is 108 g/mol. The molecule has 0 bridgehead atoms. The van der Waals surface area contributed by atoms with Crippen LogP contribution in [-0.4, -0.2) is 6.54 Å². The molecule has 43 valence electrons. The van der Waals surface area contributed by atoms with E-state index >= 15 is 0 Å². The minimum atomic E-state index is 0.472. The second kappa shape index (κ2) is 2.68. The van der Waals surface area contributed by atoms with Crippen molar-refractivity contribution in [3.05, 3.63) is 30.7 Å². The number of nitrogens with two attached hydrogens (primary N) is 1. The topological polar surface area (TPSA) is 26.0 Å². The molecule has 1 rings (SSSR count). The molecule has 0 saturated carbocycles. The molecule has 1 aliphatic rings. The van der Waals surface area contributed by atoms with Crippen molar-refractivity contribution in [3.63, 3.8) is 0 Å². The molecule has 0 spiro atoms. The predicted molar refractivity (Wildman–Crippen MR) is 35.1 cm³/mol. The Morgan fingerprint density at radius 2 is 1.88 bits per heavy atom. The van der Waals surface area contributed by atoms with E-state index in [0.29, 0.717) is 5.92 Å². The lowest BCUT2D eigenvalue weighted by molar-refractivity contribution is 0.813. The molecule has 1 nitrogen and oxygen atoms in total. The minimum absolute atomic E-state index is 0.472. The average Bonchev–Trinajstić information content (AvgIpc) is 1.90. The highest BCUT2D eigenvalue weighted by molar-refractivity contribution is 5.18. The van der Waals surface area contributed by atoms with E-state index in [2.05, 4.69) is 12.2 Å². The van der Waals surface area contributed by atoms with Gasteiger partial charge in [-0.05, 0) is 0 Å². The predicted octanol–water partition coefficient (Wildman–Crippen LogP) is 0.892. The third-order valence-corrected chi connectivity index (χ3v) is 1.21. The summed E-state index contributed by atoms with van der Waals surface area (Å²) in [5.74, 6) is 0.472. The van der Waals surface area contributed by atoms with Crippen molar-refractivity contribution in [1.82, 2.24) is 0 Å². The van der Waals surface area contributed by atoms with Crippen LogP contribution in [0.3, 0.4) is 0 Å². The van der Waals surface area contributed by atoms with Crippen LogP contribution in [0.1, 0.15) is 0 Å². The third kappa shape index (κ3) is 1.20. The van der Waals surface area contributed by atoms with Crippen LogP contribution in [0.5, 0.6) is 0 Å². The van der Waals surface area contributed by atoms with E-state index < -0.39 is 0 Å². The summed E-state index contributed by atoms with van der Waals surface area (Å²) in [7, 11) is 0. The summed E-state index contributed by atoms with van der Waals surface area (Å²) in [5, 5.41) is 0. The Morgan fingerprint density at radius 3 is 2.25 bits per heavy atom. The first-order valence-electron chi connectivity index (χ1n) is 2.82. The molecule has 0 aromatic rings. The number of hydrogen-bond acceptors (Lipinski definition) is 1. The van der Waals surface area contributed by atoms with Crippen LogP contribution in [-0.2, 0) is 0 Å². The van der Waals surface area contributed by atoms with Gasteiger partial charge in [-0.15, -0.1) is 0 Å². The summed E-state index contributed by atoms with van der Waals surface area (Å²) in [5.41, 5.74) is 5.39. The maximum absolute atomic E-state index is 5.39. The van der Waals surface area contributed by atoms with Crippen molar-refractivity contribution in [2.24, 2.45) is 11.7 Å². The Morgan fingerprint density at radius 1 is 1.25 bits per heavy atom. The zero-order valence-corrected chi connectivity index (χ0v) is 4.75. The highest BCUT2D eigenvalue weighted by Crippen LogP contribution is 2.05.